The fourth-order valence-corrected chi connectivity index (χ4v) is 2.58. The number of hydrogen-bond acceptors (Lipinski definition) is 3. The zero-order valence-corrected chi connectivity index (χ0v) is 10.4. The van der Waals surface area contributed by atoms with E-state index in [-0.39, 0.29) is 0 Å². The van der Waals surface area contributed by atoms with E-state index >= 15 is 0 Å². The molecule has 0 saturated heterocycles. The molecule has 19 heavy (non-hydrogen) atoms. The SMILES string of the molecule is Cc1cccc2c1C(=O)C(O)(c1ccccc1)C2=O. The van der Waals surface area contributed by atoms with Crippen LogP contribution < -0.4 is 0 Å². The molecule has 1 N–H and O–H groups in total. The van der Waals surface area contributed by atoms with Gasteiger partial charge in [-0.2, -0.15) is 0 Å². The number of carbonyl (C=O) groups excluding carboxylic acids is 2. The van der Waals surface area contributed by atoms with E-state index in [1.165, 1.54) is 0 Å². The van der Waals surface area contributed by atoms with E-state index in [1.807, 2.05) is 0 Å². The Bertz CT molecular complexity index is 688. The lowest BCUT2D eigenvalue weighted by molar-refractivity contribution is 0.0321. The van der Waals surface area contributed by atoms with E-state index in [1.54, 1.807) is 55.5 Å². The van der Waals surface area contributed by atoms with Crippen molar-refractivity contribution in [2.24, 2.45) is 0 Å². The van der Waals surface area contributed by atoms with Crippen molar-refractivity contribution >= 4 is 11.6 Å². The molecule has 3 heteroatoms. The maximum Gasteiger partial charge on any atom is 0.216 e. The lowest BCUT2D eigenvalue weighted by Crippen LogP contribution is -2.38. The molecule has 0 bridgehead atoms. The number of benzene rings is 2. The Morgan fingerprint density at radius 1 is 0.895 bits per heavy atom. The van der Waals surface area contributed by atoms with Crippen LogP contribution in [-0.4, -0.2) is 16.7 Å². The van der Waals surface area contributed by atoms with Crippen molar-refractivity contribution in [2.45, 2.75) is 12.5 Å². The molecule has 0 radical (unpaired) electrons. The summed E-state index contributed by atoms with van der Waals surface area (Å²) in [6, 6.07) is 13.4. The maximum absolute atomic E-state index is 12.5. The van der Waals surface area contributed by atoms with Crippen LogP contribution in [0.2, 0.25) is 0 Å². The second-order valence-corrected chi connectivity index (χ2v) is 4.73. The third kappa shape index (κ3) is 1.42. The van der Waals surface area contributed by atoms with Crippen LogP contribution in [0.4, 0.5) is 0 Å². The molecule has 1 aliphatic carbocycles. The molecule has 1 aliphatic rings. The number of carbonyl (C=O) groups is 2. The Labute approximate surface area is 110 Å². The normalized spacial score (nSPS) is 21.6. The van der Waals surface area contributed by atoms with Crippen LogP contribution in [0.15, 0.2) is 48.5 Å². The van der Waals surface area contributed by atoms with E-state index in [2.05, 4.69) is 0 Å². The van der Waals surface area contributed by atoms with Crippen molar-refractivity contribution in [2.75, 3.05) is 0 Å². The molecule has 2 aromatic carbocycles. The summed E-state index contributed by atoms with van der Waals surface area (Å²) in [5, 5.41) is 10.6. The molecule has 0 spiro atoms. The van der Waals surface area contributed by atoms with Gasteiger partial charge in [0.05, 0.1) is 0 Å². The van der Waals surface area contributed by atoms with Gasteiger partial charge in [0, 0.05) is 11.1 Å². The fourth-order valence-electron chi connectivity index (χ4n) is 2.58. The van der Waals surface area contributed by atoms with Gasteiger partial charge in [-0.3, -0.25) is 9.59 Å². The Balaban J connectivity index is 2.26. The first-order valence-corrected chi connectivity index (χ1v) is 6.04. The fraction of sp³-hybridized carbons (Fsp3) is 0.125. The molecule has 0 fully saturated rings. The summed E-state index contributed by atoms with van der Waals surface area (Å²) in [5.74, 6) is -1.07. The molecule has 94 valence electrons. The lowest BCUT2D eigenvalue weighted by atomic mass is 9.89. The number of Topliss-reactive ketones (excluding diaryl/α,β-unsaturated/α-hetero) is 2. The molecular weight excluding hydrogens is 240 g/mol. The van der Waals surface area contributed by atoms with Crippen LogP contribution in [0.25, 0.3) is 0 Å². The van der Waals surface area contributed by atoms with Gasteiger partial charge in [0.25, 0.3) is 0 Å². The third-order valence-electron chi connectivity index (χ3n) is 3.59. The molecule has 2 aromatic rings. The van der Waals surface area contributed by atoms with Gasteiger partial charge in [0.15, 0.2) is 0 Å². The van der Waals surface area contributed by atoms with Crippen molar-refractivity contribution in [1.82, 2.24) is 0 Å². The van der Waals surface area contributed by atoms with Crippen LogP contribution in [0, 0.1) is 6.92 Å². The highest BCUT2D eigenvalue weighted by atomic mass is 16.3. The van der Waals surface area contributed by atoms with E-state index in [0.717, 1.165) is 0 Å². The highest BCUT2D eigenvalue weighted by Crippen LogP contribution is 2.38. The number of fused-ring (bicyclic) bond motifs is 1. The van der Waals surface area contributed by atoms with Crippen molar-refractivity contribution in [1.29, 1.82) is 0 Å². The summed E-state index contributed by atoms with van der Waals surface area (Å²) in [7, 11) is 0. The van der Waals surface area contributed by atoms with Gasteiger partial charge in [-0.05, 0) is 18.1 Å². The van der Waals surface area contributed by atoms with Crippen LogP contribution in [0.3, 0.4) is 0 Å². The second-order valence-electron chi connectivity index (χ2n) is 4.73. The molecule has 0 amide bonds. The van der Waals surface area contributed by atoms with Crippen LogP contribution in [0.1, 0.15) is 31.8 Å². The van der Waals surface area contributed by atoms with Crippen molar-refractivity contribution in [3.8, 4) is 0 Å². The van der Waals surface area contributed by atoms with E-state index in [4.69, 9.17) is 0 Å². The van der Waals surface area contributed by atoms with E-state index < -0.39 is 17.2 Å². The summed E-state index contributed by atoms with van der Waals surface area (Å²) >= 11 is 0. The number of ketones is 2. The topological polar surface area (TPSA) is 54.4 Å². The predicted molar refractivity (Wildman–Crippen MR) is 70.2 cm³/mol. The van der Waals surface area contributed by atoms with Crippen molar-refractivity contribution in [3.05, 3.63) is 70.8 Å². The quantitative estimate of drug-likeness (QED) is 0.792. The molecule has 0 aromatic heterocycles. The summed E-state index contributed by atoms with van der Waals surface area (Å²) in [5.41, 5.74) is -0.408. The summed E-state index contributed by atoms with van der Waals surface area (Å²) in [6.45, 7) is 1.76. The summed E-state index contributed by atoms with van der Waals surface area (Å²) in [6.07, 6.45) is 0. The molecule has 1 unspecified atom stereocenters. The second kappa shape index (κ2) is 3.87. The first-order chi connectivity index (χ1) is 9.06. The smallest absolute Gasteiger partial charge is 0.216 e. The van der Waals surface area contributed by atoms with Gasteiger partial charge >= 0.3 is 0 Å². The van der Waals surface area contributed by atoms with Gasteiger partial charge in [-0.1, -0.05) is 48.5 Å². The zero-order chi connectivity index (χ0) is 13.6. The summed E-state index contributed by atoms with van der Waals surface area (Å²) in [4.78, 5) is 24.9. The minimum absolute atomic E-state index is 0.302. The maximum atomic E-state index is 12.5. The Morgan fingerprint density at radius 2 is 1.58 bits per heavy atom. The number of aryl methyl sites for hydroxylation is 1. The highest BCUT2D eigenvalue weighted by Gasteiger charge is 2.53. The van der Waals surface area contributed by atoms with Crippen molar-refractivity contribution < 1.29 is 14.7 Å². The van der Waals surface area contributed by atoms with Crippen LogP contribution >= 0.6 is 0 Å². The first-order valence-electron chi connectivity index (χ1n) is 6.04. The molecule has 0 heterocycles. The van der Waals surface area contributed by atoms with Crippen molar-refractivity contribution in [3.63, 3.8) is 0 Å². The third-order valence-corrected chi connectivity index (χ3v) is 3.59. The van der Waals surface area contributed by atoms with Gasteiger partial charge in [0.2, 0.25) is 17.2 Å². The van der Waals surface area contributed by atoms with E-state index in [9.17, 15) is 14.7 Å². The number of hydrogen-bond donors (Lipinski definition) is 1. The average molecular weight is 252 g/mol. The Kier molecular flexibility index (Phi) is 2.40. The minimum Gasteiger partial charge on any atom is -0.370 e. The zero-order valence-electron chi connectivity index (χ0n) is 10.4. The lowest BCUT2D eigenvalue weighted by Gasteiger charge is -2.19. The predicted octanol–water partition coefficient (Wildman–Crippen LogP) is 2.26. The number of rotatable bonds is 1. The van der Waals surface area contributed by atoms with Gasteiger partial charge < -0.3 is 5.11 Å². The molecule has 3 rings (SSSR count). The monoisotopic (exact) mass is 252 g/mol. The number of aliphatic hydroxyl groups is 1. The highest BCUT2D eigenvalue weighted by molar-refractivity contribution is 6.32. The van der Waals surface area contributed by atoms with Gasteiger partial charge in [0.1, 0.15) is 0 Å². The molecular formula is C16H12O3. The molecule has 0 aliphatic heterocycles. The average Bonchev–Trinajstić information content (AvgIpc) is 2.64. The first kappa shape index (κ1) is 11.8. The Hall–Kier alpha value is -2.26. The van der Waals surface area contributed by atoms with E-state index in [0.29, 0.717) is 22.3 Å². The molecule has 3 nitrogen and oxygen atoms in total. The largest absolute Gasteiger partial charge is 0.370 e. The van der Waals surface area contributed by atoms with Gasteiger partial charge in [-0.15, -0.1) is 0 Å². The summed E-state index contributed by atoms with van der Waals surface area (Å²) < 4.78 is 0. The molecule has 0 saturated carbocycles. The van der Waals surface area contributed by atoms with Crippen LogP contribution in [0.5, 0.6) is 0 Å². The van der Waals surface area contributed by atoms with Crippen LogP contribution in [-0.2, 0) is 5.60 Å². The molecule has 1 atom stereocenters. The standard InChI is InChI=1S/C16H12O3/c1-10-6-5-9-12-13(10)15(18)16(19,14(12)17)11-7-3-2-4-8-11/h2-9,19H,1H3. The van der Waals surface area contributed by atoms with Gasteiger partial charge in [-0.25, -0.2) is 0 Å². The minimum atomic E-state index is -2.07. The Morgan fingerprint density at radius 3 is 2.21 bits per heavy atom.